The number of nitrogens with one attached hydrogen (secondary N) is 2. The maximum absolute atomic E-state index is 13.7. The molecule has 29 heavy (non-hydrogen) atoms. The van der Waals surface area contributed by atoms with E-state index in [0.29, 0.717) is 22.6 Å². The van der Waals surface area contributed by atoms with Crippen LogP contribution < -0.4 is 5.32 Å². The fourth-order valence-electron chi connectivity index (χ4n) is 4.07. The molecule has 0 spiro atoms. The molecule has 1 aromatic carbocycles. The molecule has 1 heterocycles. The number of allylic oxidation sites excluding steroid dienone is 2. The topological polar surface area (TPSA) is 62.0 Å². The number of hydrogen-bond acceptors (Lipinski definition) is 2. The fourth-order valence-corrected chi connectivity index (χ4v) is 4.47. The molecule has 1 aliphatic carbocycles. The van der Waals surface area contributed by atoms with Gasteiger partial charge in [0.15, 0.2) is 5.78 Å². The minimum Gasteiger partial charge on any atom is -0.365 e. The number of aryl methyl sites for hydroxylation is 2. The zero-order valence-corrected chi connectivity index (χ0v) is 18.3. The predicted octanol–water partition coefficient (Wildman–Crippen LogP) is 5.02. The Hall–Kier alpha value is -2.59. The van der Waals surface area contributed by atoms with E-state index in [-0.39, 0.29) is 11.7 Å². The Morgan fingerprint density at radius 2 is 1.86 bits per heavy atom. The molecular formula is C24H27ClN2O2. The van der Waals surface area contributed by atoms with Crippen molar-refractivity contribution in [3.8, 4) is 0 Å². The predicted molar refractivity (Wildman–Crippen MR) is 117 cm³/mol. The summed E-state index contributed by atoms with van der Waals surface area (Å²) in [4.78, 5) is 28.7. The van der Waals surface area contributed by atoms with Crippen molar-refractivity contribution in [1.29, 1.82) is 0 Å². The van der Waals surface area contributed by atoms with Crippen LogP contribution in [0.1, 0.15) is 48.0 Å². The lowest BCUT2D eigenvalue weighted by Gasteiger charge is -2.40. The van der Waals surface area contributed by atoms with E-state index in [9.17, 15) is 9.59 Å². The van der Waals surface area contributed by atoms with Gasteiger partial charge >= 0.3 is 0 Å². The van der Waals surface area contributed by atoms with E-state index < -0.39 is 11.0 Å². The monoisotopic (exact) mass is 410 g/mol. The molecule has 0 fully saturated rings. The van der Waals surface area contributed by atoms with Crippen LogP contribution in [0.4, 0.5) is 0 Å². The maximum atomic E-state index is 13.7. The van der Waals surface area contributed by atoms with Crippen LogP contribution in [-0.2, 0) is 11.2 Å². The Morgan fingerprint density at radius 3 is 2.45 bits per heavy atom. The Morgan fingerprint density at radius 1 is 1.14 bits per heavy atom. The Kier molecular flexibility index (Phi) is 5.59. The second kappa shape index (κ2) is 7.68. The summed E-state index contributed by atoms with van der Waals surface area (Å²) in [5.41, 5.74) is 2.71. The molecule has 0 bridgehead atoms. The summed E-state index contributed by atoms with van der Waals surface area (Å²) in [6.07, 6.45) is 6.09. The van der Waals surface area contributed by atoms with E-state index >= 15 is 0 Å². The van der Waals surface area contributed by atoms with Crippen molar-refractivity contribution in [3.63, 3.8) is 0 Å². The smallest absolute Gasteiger partial charge is 0.217 e. The normalized spacial score (nSPS) is 23.9. The van der Waals surface area contributed by atoms with Crippen LogP contribution >= 0.6 is 11.6 Å². The van der Waals surface area contributed by atoms with Crippen LogP contribution in [0.2, 0.25) is 0 Å². The van der Waals surface area contributed by atoms with Crippen LogP contribution in [0, 0.1) is 19.3 Å². The largest absolute Gasteiger partial charge is 0.365 e. The molecule has 2 unspecified atom stereocenters. The number of halogens is 1. The van der Waals surface area contributed by atoms with Gasteiger partial charge in [0.05, 0.1) is 5.54 Å². The van der Waals surface area contributed by atoms with E-state index in [1.807, 2.05) is 76.4 Å². The molecule has 152 valence electrons. The Bertz CT molecular complexity index is 1020. The molecular weight excluding hydrogens is 384 g/mol. The zero-order valence-electron chi connectivity index (χ0n) is 17.5. The first kappa shape index (κ1) is 21.1. The van der Waals surface area contributed by atoms with E-state index in [0.717, 1.165) is 16.8 Å². The quantitative estimate of drug-likeness (QED) is 0.679. The molecule has 0 radical (unpaired) electrons. The number of carbonyl (C=O) groups is 2. The lowest BCUT2D eigenvalue weighted by atomic mass is 9.68. The molecule has 1 amide bonds. The second-order valence-corrected chi connectivity index (χ2v) is 8.77. The number of benzene rings is 1. The highest BCUT2D eigenvalue weighted by molar-refractivity contribution is 6.31. The van der Waals surface area contributed by atoms with Gasteiger partial charge < -0.3 is 10.3 Å². The first-order chi connectivity index (χ1) is 13.5. The van der Waals surface area contributed by atoms with E-state index in [1.54, 1.807) is 0 Å². The number of ketones is 1. The number of aromatic amines is 1. The first-order valence-corrected chi connectivity index (χ1v) is 10.1. The first-order valence-electron chi connectivity index (χ1n) is 9.69. The lowest BCUT2D eigenvalue weighted by molar-refractivity contribution is -0.119. The summed E-state index contributed by atoms with van der Waals surface area (Å²) in [6.45, 7) is 9.23. The third-order valence-electron chi connectivity index (χ3n) is 5.52. The standard InChI is InChI=1S/C24H27ClN2O2/c1-15-8-9-19(16(2)11-15)22(29)20-13-23(4,27-17(3)28)14-21(25)24(20,5)12-18-7-6-10-26-18/h6-11,13-14,26H,12H2,1-5H3,(H,27,28). The van der Waals surface area contributed by atoms with Crippen LogP contribution in [-0.4, -0.2) is 22.2 Å². The van der Waals surface area contributed by atoms with Crippen molar-refractivity contribution in [1.82, 2.24) is 10.3 Å². The fraction of sp³-hybridized carbons (Fsp3) is 0.333. The summed E-state index contributed by atoms with van der Waals surface area (Å²) < 4.78 is 0. The SMILES string of the molecule is CC(=O)NC1(C)C=C(Cl)C(C)(Cc2ccc[nH]2)C(C(=O)c2ccc(C)cc2C)=C1. The molecule has 1 aromatic heterocycles. The van der Waals surface area contributed by atoms with Crippen molar-refractivity contribution in [2.75, 3.05) is 0 Å². The van der Waals surface area contributed by atoms with Crippen LogP contribution in [0.5, 0.6) is 0 Å². The molecule has 0 saturated carbocycles. The number of hydrogen-bond donors (Lipinski definition) is 2. The summed E-state index contributed by atoms with van der Waals surface area (Å²) in [6, 6.07) is 9.72. The van der Waals surface area contributed by atoms with E-state index in [2.05, 4.69) is 10.3 Å². The average Bonchev–Trinajstić information content (AvgIpc) is 3.10. The number of rotatable bonds is 5. The molecule has 3 rings (SSSR count). The van der Waals surface area contributed by atoms with Gasteiger partial charge in [0.25, 0.3) is 0 Å². The second-order valence-electron chi connectivity index (χ2n) is 8.37. The van der Waals surface area contributed by atoms with Gasteiger partial charge in [0.2, 0.25) is 5.91 Å². The molecule has 4 nitrogen and oxygen atoms in total. The van der Waals surface area contributed by atoms with E-state index in [4.69, 9.17) is 11.6 Å². The highest BCUT2D eigenvalue weighted by atomic mass is 35.5. The molecule has 5 heteroatoms. The zero-order chi connectivity index (χ0) is 21.4. The van der Waals surface area contributed by atoms with Crippen molar-refractivity contribution in [2.24, 2.45) is 5.41 Å². The average molecular weight is 411 g/mol. The van der Waals surface area contributed by atoms with Gasteiger partial charge in [-0.1, -0.05) is 42.3 Å². The van der Waals surface area contributed by atoms with Gasteiger partial charge in [-0.05, 0) is 50.6 Å². The third kappa shape index (κ3) is 4.23. The summed E-state index contributed by atoms with van der Waals surface area (Å²) in [5, 5.41) is 3.45. The Balaban J connectivity index is 2.14. The van der Waals surface area contributed by atoms with Gasteiger partial charge in [0.1, 0.15) is 0 Å². The molecule has 2 atom stereocenters. The van der Waals surface area contributed by atoms with Gasteiger partial charge in [0, 0.05) is 46.8 Å². The highest BCUT2D eigenvalue weighted by Gasteiger charge is 2.43. The van der Waals surface area contributed by atoms with Gasteiger partial charge in [-0.15, -0.1) is 0 Å². The summed E-state index contributed by atoms with van der Waals surface area (Å²) in [5.74, 6) is -0.255. The number of H-pyrrole nitrogens is 1. The van der Waals surface area contributed by atoms with Gasteiger partial charge in [-0.2, -0.15) is 0 Å². The Labute approximate surface area is 177 Å². The number of amides is 1. The van der Waals surface area contributed by atoms with Crippen LogP contribution in [0.25, 0.3) is 0 Å². The van der Waals surface area contributed by atoms with Crippen molar-refractivity contribution in [3.05, 3.63) is 81.7 Å². The van der Waals surface area contributed by atoms with Gasteiger partial charge in [-0.25, -0.2) is 0 Å². The molecule has 2 aromatic rings. The summed E-state index contributed by atoms with van der Waals surface area (Å²) >= 11 is 6.80. The van der Waals surface area contributed by atoms with E-state index in [1.165, 1.54) is 6.92 Å². The van der Waals surface area contributed by atoms with Crippen molar-refractivity contribution >= 4 is 23.3 Å². The van der Waals surface area contributed by atoms with Gasteiger partial charge in [-0.3, -0.25) is 9.59 Å². The van der Waals surface area contributed by atoms with Crippen molar-refractivity contribution in [2.45, 2.75) is 46.6 Å². The molecule has 0 aliphatic heterocycles. The van der Waals surface area contributed by atoms with Crippen molar-refractivity contribution < 1.29 is 9.59 Å². The highest BCUT2D eigenvalue weighted by Crippen LogP contribution is 2.47. The minimum absolute atomic E-state index is 0.0700. The van der Waals surface area contributed by atoms with Crippen LogP contribution in [0.15, 0.2) is 59.3 Å². The number of Topliss-reactive ketones (excluding diaryl/α,β-unsaturated/α-hetero) is 1. The van der Waals surface area contributed by atoms with Crippen LogP contribution in [0.3, 0.4) is 0 Å². The summed E-state index contributed by atoms with van der Waals surface area (Å²) in [7, 11) is 0. The number of carbonyl (C=O) groups excluding carboxylic acids is 2. The molecule has 2 N–H and O–H groups in total. The third-order valence-corrected chi connectivity index (χ3v) is 6.04. The maximum Gasteiger partial charge on any atom is 0.217 e. The molecule has 0 saturated heterocycles. The lowest BCUT2D eigenvalue weighted by Crippen LogP contribution is -2.46. The minimum atomic E-state index is -0.832. The molecule has 1 aliphatic rings. The number of aromatic nitrogens is 1.